The summed E-state index contributed by atoms with van der Waals surface area (Å²) in [6.45, 7) is 4.99. The van der Waals surface area contributed by atoms with Crippen LogP contribution in [0.25, 0.3) is 0 Å². The first kappa shape index (κ1) is 20.6. The predicted octanol–water partition coefficient (Wildman–Crippen LogP) is 3.42. The van der Waals surface area contributed by atoms with Crippen LogP contribution in [0.15, 0.2) is 42.5 Å². The molecule has 0 aromatic heterocycles. The first-order valence-corrected chi connectivity index (χ1v) is 9.81. The molecule has 6 heteroatoms. The third-order valence-electron chi connectivity index (χ3n) is 5.12. The highest BCUT2D eigenvalue weighted by Crippen LogP contribution is 2.22. The number of carbonyl (C=O) groups excluding carboxylic acids is 2. The van der Waals surface area contributed by atoms with Crippen molar-refractivity contribution in [3.8, 4) is 0 Å². The Morgan fingerprint density at radius 2 is 1.72 bits per heavy atom. The fourth-order valence-electron chi connectivity index (χ4n) is 3.78. The number of likely N-dealkylation sites (tertiary alicyclic amines) is 1. The molecule has 2 N–H and O–H groups in total. The van der Waals surface area contributed by atoms with Crippen LogP contribution in [0.5, 0.6) is 0 Å². The van der Waals surface area contributed by atoms with Gasteiger partial charge in [-0.2, -0.15) is 0 Å². The highest BCUT2D eigenvalue weighted by atomic mass is 16.4. The summed E-state index contributed by atoms with van der Waals surface area (Å²) in [5.41, 5.74) is 4.06. The summed E-state index contributed by atoms with van der Waals surface area (Å²) in [6, 6.07) is 12.6. The van der Waals surface area contributed by atoms with Crippen molar-refractivity contribution in [1.82, 2.24) is 4.90 Å². The molecule has 1 atom stereocenters. The smallest absolute Gasteiger partial charge is 0.307 e. The number of nitrogens with zero attached hydrogens (tertiary/aromatic N) is 1. The second-order valence-electron chi connectivity index (χ2n) is 7.72. The van der Waals surface area contributed by atoms with E-state index in [1.54, 1.807) is 29.2 Å². The standard InChI is InChI=1S/C23H26N2O4/c1-15-10-16(2)12-19(11-15)23(29)25-9-3-4-18(14-25)22(28)24-20-7-5-17(6-8-20)13-21(26)27/h5-8,10-12,18H,3-4,9,13-14H2,1-2H3,(H,24,28)(H,26,27). The number of hydrogen-bond acceptors (Lipinski definition) is 3. The number of anilines is 1. The number of amides is 2. The van der Waals surface area contributed by atoms with Crippen molar-refractivity contribution >= 4 is 23.5 Å². The molecule has 2 aromatic carbocycles. The maximum Gasteiger partial charge on any atom is 0.307 e. The van der Waals surface area contributed by atoms with Gasteiger partial charge in [-0.1, -0.05) is 29.3 Å². The lowest BCUT2D eigenvalue weighted by Crippen LogP contribution is -2.43. The van der Waals surface area contributed by atoms with Crippen LogP contribution in [0.2, 0.25) is 0 Å². The Morgan fingerprint density at radius 1 is 1.07 bits per heavy atom. The third kappa shape index (κ3) is 5.44. The molecule has 6 nitrogen and oxygen atoms in total. The molecule has 0 radical (unpaired) electrons. The fraction of sp³-hybridized carbons (Fsp3) is 0.348. The van der Waals surface area contributed by atoms with Crippen LogP contribution in [0.3, 0.4) is 0 Å². The summed E-state index contributed by atoms with van der Waals surface area (Å²) in [4.78, 5) is 38.1. The van der Waals surface area contributed by atoms with Crippen molar-refractivity contribution in [2.24, 2.45) is 5.92 Å². The third-order valence-corrected chi connectivity index (χ3v) is 5.12. The number of rotatable bonds is 5. The quantitative estimate of drug-likeness (QED) is 0.814. The maximum atomic E-state index is 12.9. The molecule has 29 heavy (non-hydrogen) atoms. The minimum Gasteiger partial charge on any atom is -0.481 e. The average molecular weight is 394 g/mol. The number of hydrogen-bond donors (Lipinski definition) is 2. The van der Waals surface area contributed by atoms with Crippen LogP contribution in [0.1, 0.15) is 39.9 Å². The summed E-state index contributed by atoms with van der Waals surface area (Å²) in [5, 5.41) is 11.7. The van der Waals surface area contributed by atoms with Gasteiger partial charge in [0.05, 0.1) is 12.3 Å². The number of aryl methyl sites for hydroxylation is 2. The second-order valence-corrected chi connectivity index (χ2v) is 7.72. The summed E-state index contributed by atoms with van der Waals surface area (Å²) in [5.74, 6) is -1.31. The lowest BCUT2D eigenvalue weighted by molar-refractivity contribution is -0.136. The van der Waals surface area contributed by atoms with Crippen molar-refractivity contribution < 1.29 is 19.5 Å². The van der Waals surface area contributed by atoms with Gasteiger partial charge in [0.2, 0.25) is 5.91 Å². The van der Waals surface area contributed by atoms with Gasteiger partial charge in [-0.05, 0) is 56.5 Å². The monoisotopic (exact) mass is 394 g/mol. The topological polar surface area (TPSA) is 86.7 Å². The van der Waals surface area contributed by atoms with E-state index in [0.717, 1.165) is 24.0 Å². The van der Waals surface area contributed by atoms with Gasteiger partial charge < -0.3 is 15.3 Å². The molecule has 0 bridgehead atoms. The molecule has 0 spiro atoms. The van der Waals surface area contributed by atoms with E-state index in [4.69, 9.17) is 5.11 Å². The Kier molecular flexibility index (Phi) is 6.32. The van der Waals surface area contributed by atoms with E-state index in [9.17, 15) is 14.4 Å². The Labute approximate surface area is 170 Å². The summed E-state index contributed by atoms with van der Waals surface area (Å²) in [7, 11) is 0. The minimum atomic E-state index is -0.891. The molecule has 1 unspecified atom stereocenters. The minimum absolute atomic E-state index is 0.0349. The van der Waals surface area contributed by atoms with Gasteiger partial charge in [0.25, 0.3) is 5.91 Å². The molecule has 1 aliphatic heterocycles. The first-order chi connectivity index (χ1) is 13.8. The summed E-state index contributed by atoms with van der Waals surface area (Å²) in [6.07, 6.45) is 1.47. The Balaban J connectivity index is 1.63. The van der Waals surface area contributed by atoms with Crippen LogP contribution in [-0.2, 0) is 16.0 Å². The molecular formula is C23H26N2O4. The Bertz CT molecular complexity index is 901. The van der Waals surface area contributed by atoms with Crippen LogP contribution in [0, 0.1) is 19.8 Å². The number of benzene rings is 2. The van der Waals surface area contributed by atoms with Gasteiger partial charge in [-0.15, -0.1) is 0 Å². The van der Waals surface area contributed by atoms with Gasteiger partial charge >= 0.3 is 5.97 Å². The predicted molar refractivity (Wildman–Crippen MR) is 111 cm³/mol. The number of carboxylic acid groups (broad SMARTS) is 1. The molecule has 0 aliphatic carbocycles. The highest BCUT2D eigenvalue weighted by Gasteiger charge is 2.29. The van der Waals surface area contributed by atoms with Crippen LogP contribution >= 0.6 is 0 Å². The number of piperidine rings is 1. The first-order valence-electron chi connectivity index (χ1n) is 9.81. The van der Waals surface area contributed by atoms with Gasteiger partial charge in [0.1, 0.15) is 0 Å². The van der Waals surface area contributed by atoms with Crippen LogP contribution in [-0.4, -0.2) is 40.9 Å². The zero-order valence-corrected chi connectivity index (χ0v) is 16.8. The number of nitrogens with one attached hydrogen (secondary N) is 1. The lowest BCUT2D eigenvalue weighted by Gasteiger charge is -2.32. The van der Waals surface area contributed by atoms with Crippen molar-refractivity contribution in [2.75, 3.05) is 18.4 Å². The molecule has 2 aromatic rings. The fourth-order valence-corrected chi connectivity index (χ4v) is 3.78. The molecule has 152 valence electrons. The van der Waals surface area contributed by atoms with Crippen LogP contribution in [0.4, 0.5) is 5.69 Å². The zero-order valence-electron chi connectivity index (χ0n) is 16.8. The van der Waals surface area contributed by atoms with E-state index in [1.807, 2.05) is 32.0 Å². The van der Waals surface area contributed by atoms with Crippen molar-refractivity contribution in [2.45, 2.75) is 33.1 Å². The molecule has 0 saturated carbocycles. The second kappa shape index (κ2) is 8.90. The van der Waals surface area contributed by atoms with Gasteiger partial charge in [-0.3, -0.25) is 14.4 Å². The summed E-state index contributed by atoms with van der Waals surface area (Å²) >= 11 is 0. The SMILES string of the molecule is Cc1cc(C)cc(C(=O)N2CCCC(C(=O)Nc3ccc(CC(=O)O)cc3)C2)c1. The van der Waals surface area contributed by atoms with E-state index in [1.165, 1.54) is 0 Å². The van der Waals surface area contributed by atoms with Gasteiger partial charge in [0, 0.05) is 24.3 Å². The summed E-state index contributed by atoms with van der Waals surface area (Å²) < 4.78 is 0. The zero-order chi connectivity index (χ0) is 21.0. The molecular weight excluding hydrogens is 368 g/mol. The van der Waals surface area contributed by atoms with E-state index in [-0.39, 0.29) is 24.2 Å². The van der Waals surface area contributed by atoms with Crippen LogP contribution < -0.4 is 5.32 Å². The lowest BCUT2D eigenvalue weighted by atomic mass is 9.96. The normalized spacial score (nSPS) is 16.3. The number of carbonyl (C=O) groups is 3. The molecule has 2 amide bonds. The van der Waals surface area contributed by atoms with Gasteiger partial charge in [-0.25, -0.2) is 0 Å². The average Bonchev–Trinajstić information content (AvgIpc) is 2.68. The largest absolute Gasteiger partial charge is 0.481 e. The molecule has 1 fully saturated rings. The van der Waals surface area contributed by atoms with Gasteiger partial charge in [0.15, 0.2) is 0 Å². The molecule has 1 saturated heterocycles. The van der Waals surface area contributed by atoms with Crippen molar-refractivity contribution in [3.05, 3.63) is 64.7 Å². The maximum absolute atomic E-state index is 12.9. The van der Waals surface area contributed by atoms with Crippen molar-refractivity contribution in [3.63, 3.8) is 0 Å². The van der Waals surface area contributed by atoms with E-state index in [0.29, 0.717) is 29.9 Å². The highest BCUT2D eigenvalue weighted by molar-refractivity contribution is 5.96. The number of carboxylic acids is 1. The Hall–Kier alpha value is -3.15. The number of aliphatic carboxylic acids is 1. The van der Waals surface area contributed by atoms with E-state index < -0.39 is 5.97 Å². The van der Waals surface area contributed by atoms with E-state index >= 15 is 0 Å². The van der Waals surface area contributed by atoms with E-state index in [2.05, 4.69) is 5.32 Å². The molecule has 1 heterocycles. The Morgan fingerprint density at radius 3 is 2.34 bits per heavy atom. The molecule has 1 aliphatic rings. The molecule has 3 rings (SSSR count). The van der Waals surface area contributed by atoms with Crippen molar-refractivity contribution in [1.29, 1.82) is 0 Å².